The first-order valence-corrected chi connectivity index (χ1v) is 15.8. The Balaban J connectivity index is 2.15. The summed E-state index contributed by atoms with van der Waals surface area (Å²) in [5.41, 5.74) is 0.978. The van der Waals surface area contributed by atoms with Crippen molar-refractivity contribution in [3.8, 4) is 0 Å². The minimum atomic E-state index is -4.59. The monoisotopic (exact) mass is 621 g/mol. The third kappa shape index (κ3) is 20.1. The largest absolute Gasteiger partial charge is 0.469 e. The van der Waals surface area contributed by atoms with E-state index in [-0.39, 0.29) is 12.5 Å². The summed E-state index contributed by atoms with van der Waals surface area (Å²) >= 11 is 2.22. The summed E-state index contributed by atoms with van der Waals surface area (Å²) in [4.78, 5) is 30.4. The number of halogens is 1. The lowest BCUT2D eigenvalue weighted by Crippen LogP contribution is -2.39. The Morgan fingerprint density at radius 1 is 0.943 bits per heavy atom. The van der Waals surface area contributed by atoms with Crippen molar-refractivity contribution < 1.29 is 23.7 Å². The Labute approximate surface area is 226 Å². The highest BCUT2D eigenvalue weighted by atomic mass is 127. The lowest BCUT2D eigenvalue weighted by atomic mass is 10.1. The van der Waals surface area contributed by atoms with Crippen LogP contribution in [-0.4, -0.2) is 28.3 Å². The number of phosphoric ester groups is 1. The first-order chi connectivity index (χ1) is 16.8. The van der Waals surface area contributed by atoms with Crippen LogP contribution in [0.25, 0.3) is 0 Å². The van der Waals surface area contributed by atoms with Crippen molar-refractivity contribution >= 4 is 36.3 Å². The predicted molar refractivity (Wildman–Crippen MR) is 152 cm³/mol. The second-order valence-corrected chi connectivity index (χ2v) is 11.7. The Hall–Kier alpha value is -0.730. The summed E-state index contributed by atoms with van der Waals surface area (Å²) in [5, 5.41) is 2.88. The SMILES string of the molecule is CCCCCCCCC=CCCCCCCCC(=O)NC(COP(=O)(O)O)Cc1ccc(I)cc1. The standard InChI is InChI=1S/C27H45INO5P/c1-2-3-4-5-6-7-8-9-10-11-12-13-14-15-16-17-27(30)29-26(23-34-35(31,32)33)22-24-18-20-25(28)21-19-24/h9-10,18-21,26H,2-8,11-17,22-23H2,1H3,(H,29,30)(H2,31,32,33). The van der Waals surface area contributed by atoms with E-state index in [9.17, 15) is 9.36 Å². The molecule has 8 heteroatoms. The van der Waals surface area contributed by atoms with Gasteiger partial charge in [0, 0.05) is 9.99 Å². The molecule has 1 atom stereocenters. The van der Waals surface area contributed by atoms with E-state index >= 15 is 0 Å². The van der Waals surface area contributed by atoms with Crippen molar-refractivity contribution in [1.82, 2.24) is 5.32 Å². The predicted octanol–water partition coefficient (Wildman–Crippen LogP) is 7.47. The number of hydrogen-bond acceptors (Lipinski definition) is 3. The fraction of sp³-hybridized carbons (Fsp3) is 0.667. The first-order valence-electron chi connectivity index (χ1n) is 13.2. The van der Waals surface area contributed by atoms with Crippen molar-refractivity contribution in [3.63, 3.8) is 0 Å². The fourth-order valence-electron chi connectivity index (χ4n) is 3.90. The molecule has 1 aromatic carbocycles. The van der Waals surface area contributed by atoms with Crippen molar-refractivity contribution in [1.29, 1.82) is 0 Å². The number of unbranched alkanes of at least 4 members (excludes halogenated alkanes) is 11. The number of hydrogen-bond donors (Lipinski definition) is 3. The van der Waals surface area contributed by atoms with E-state index in [0.29, 0.717) is 12.8 Å². The minimum absolute atomic E-state index is 0.104. The van der Waals surface area contributed by atoms with E-state index in [4.69, 9.17) is 9.79 Å². The van der Waals surface area contributed by atoms with Gasteiger partial charge >= 0.3 is 7.82 Å². The molecule has 35 heavy (non-hydrogen) atoms. The second-order valence-electron chi connectivity index (χ2n) is 9.22. The van der Waals surface area contributed by atoms with Gasteiger partial charge in [-0.2, -0.15) is 0 Å². The van der Waals surface area contributed by atoms with Crippen LogP contribution in [0.5, 0.6) is 0 Å². The number of carbonyl (C=O) groups excluding carboxylic acids is 1. The van der Waals surface area contributed by atoms with E-state index < -0.39 is 13.9 Å². The Morgan fingerprint density at radius 2 is 1.49 bits per heavy atom. The molecule has 1 aromatic rings. The van der Waals surface area contributed by atoms with Gasteiger partial charge < -0.3 is 15.1 Å². The van der Waals surface area contributed by atoms with Gasteiger partial charge in [-0.25, -0.2) is 4.57 Å². The van der Waals surface area contributed by atoms with Gasteiger partial charge in [-0.3, -0.25) is 9.32 Å². The van der Waals surface area contributed by atoms with Crippen LogP contribution in [0.3, 0.4) is 0 Å². The van der Waals surface area contributed by atoms with Gasteiger partial charge in [-0.05, 0) is 78.8 Å². The highest BCUT2D eigenvalue weighted by Crippen LogP contribution is 2.35. The molecule has 0 fully saturated rings. The molecule has 0 saturated carbocycles. The minimum Gasteiger partial charge on any atom is -0.351 e. The highest BCUT2D eigenvalue weighted by molar-refractivity contribution is 14.1. The summed E-state index contributed by atoms with van der Waals surface area (Å²) in [7, 11) is -4.59. The molecule has 0 aliphatic carbocycles. The van der Waals surface area contributed by atoms with Crippen molar-refractivity contribution in [2.24, 2.45) is 0 Å². The average Bonchev–Trinajstić information content (AvgIpc) is 2.81. The van der Waals surface area contributed by atoms with Crippen molar-refractivity contribution in [2.45, 2.75) is 109 Å². The molecule has 0 heterocycles. The molecule has 200 valence electrons. The van der Waals surface area contributed by atoms with Crippen LogP contribution in [0.15, 0.2) is 36.4 Å². The lowest BCUT2D eigenvalue weighted by molar-refractivity contribution is -0.122. The summed E-state index contributed by atoms with van der Waals surface area (Å²) in [6.45, 7) is 2.02. The lowest BCUT2D eigenvalue weighted by Gasteiger charge is -2.19. The maximum Gasteiger partial charge on any atom is 0.469 e. The smallest absolute Gasteiger partial charge is 0.351 e. The summed E-state index contributed by atoms with van der Waals surface area (Å²) in [5.74, 6) is -0.104. The van der Waals surface area contributed by atoms with Gasteiger partial charge in [0.05, 0.1) is 12.6 Å². The first kappa shape index (κ1) is 32.3. The van der Waals surface area contributed by atoms with E-state index in [0.717, 1.165) is 34.8 Å². The molecule has 1 rings (SSSR count). The molecule has 0 bridgehead atoms. The zero-order chi connectivity index (χ0) is 25.8. The molecule has 0 aliphatic rings. The van der Waals surface area contributed by atoms with Crippen molar-refractivity contribution in [2.75, 3.05) is 6.61 Å². The molecular formula is C27H45INO5P. The molecule has 0 aromatic heterocycles. The quantitative estimate of drug-likeness (QED) is 0.0573. The summed E-state index contributed by atoms with van der Waals surface area (Å²) < 4.78 is 16.9. The van der Waals surface area contributed by atoms with Crippen LogP contribution in [0.4, 0.5) is 0 Å². The van der Waals surface area contributed by atoms with Gasteiger partial charge in [0.25, 0.3) is 0 Å². The van der Waals surface area contributed by atoms with Crippen LogP contribution in [0.1, 0.15) is 102 Å². The molecule has 0 radical (unpaired) electrons. The Morgan fingerprint density at radius 3 is 2.06 bits per heavy atom. The maximum absolute atomic E-state index is 12.4. The van der Waals surface area contributed by atoms with Crippen LogP contribution in [-0.2, 0) is 20.3 Å². The van der Waals surface area contributed by atoms with E-state index in [2.05, 4.69) is 51.5 Å². The normalized spacial score (nSPS) is 12.8. The summed E-state index contributed by atoms with van der Waals surface area (Å²) in [6, 6.07) is 7.33. The number of phosphoric acid groups is 1. The molecule has 0 spiro atoms. The molecule has 6 nitrogen and oxygen atoms in total. The number of nitrogens with one attached hydrogen (secondary N) is 1. The van der Waals surface area contributed by atoms with E-state index in [1.165, 1.54) is 57.8 Å². The molecule has 1 unspecified atom stereocenters. The Bertz CT molecular complexity index is 750. The van der Waals surface area contributed by atoms with Gasteiger partial charge in [0.1, 0.15) is 0 Å². The number of carbonyl (C=O) groups is 1. The van der Waals surface area contributed by atoms with Gasteiger partial charge in [-0.1, -0.05) is 82.6 Å². The van der Waals surface area contributed by atoms with Gasteiger partial charge in [-0.15, -0.1) is 0 Å². The van der Waals surface area contributed by atoms with E-state index in [1.807, 2.05) is 24.3 Å². The fourth-order valence-corrected chi connectivity index (χ4v) is 4.63. The van der Waals surface area contributed by atoms with E-state index in [1.54, 1.807) is 0 Å². The maximum atomic E-state index is 12.4. The zero-order valence-corrected chi connectivity index (χ0v) is 24.4. The number of amides is 1. The molecule has 0 aliphatic heterocycles. The third-order valence-electron chi connectivity index (χ3n) is 5.87. The summed E-state index contributed by atoms with van der Waals surface area (Å²) in [6.07, 6.45) is 21.2. The molecule has 1 amide bonds. The van der Waals surface area contributed by atoms with Crippen LogP contribution < -0.4 is 5.32 Å². The second kappa shape index (κ2) is 20.3. The number of benzene rings is 1. The van der Waals surface area contributed by atoms with Crippen LogP contribution >= 0.6 is 30.4 Å². The van der Waals surface area contributed by atoms with Crippen LogP contribution in [0, 0.1) is 3.57 Å². The molecule has 3 N–H and O–H groups in total. The van der Waals surface area contributed by atoms with Crippen molar-refractivity contribution in [3.05, 3.63) is 45.6 Å². The molecule has 0 saturated heterocycles. The number of rotatable bonds is 21. The Kier molecular flexibility index (Phi) is 18.8. The zero-order valence-electron chi connectivity index (χ0n) is 21.3. The topological polar surface area (TPSA) is 95.9 Å². The third-order valence-corrected chi connectivity index (χ3v) is 7.07. The highest BCUT2D eigenvalue weighted by Gasteiger charge is 2.20. The number of allylic oxidation sites excluding steroid dienone is 2. The van der Waals surface area contributed by atoms with Crippen LogP contribution in [0.2, 0.25) is 0 Å². The van der Waals surface area contributed by atoms with Gasteiger partial charge in [0.15, 0.2) is 0 Å². The van der Waals surface area contributed by atoms with Gasteiger partial charge in [0.2, 0.25) is 5.91 Å². The molecular weight excluding hydrogens is 576 g/mol. The average molecular weight is 622 g/mol.